The minimum absolute atomic E-state index is 0. The Kier molecular flexibility index (Phi) is 5.75. The number of anilines is 2. The third-order valence-electron chi connectivity index (χ3n) is 6.07. The molecule has 6 nitrogen and oxygen atoms in total. The highest BCUT2D eigenvalue weighted by atomic mass is 35.5. The maximum Gasteiger partial charge on any atom is 0.233 e. The molecule has 2 heterocycles. The van der Waals surface area contributed by atoms with Crippen molar-refractivity contribution in [2.75, 3.05) is 23.7 Å². The predicted molar refractivity (Wildman–Crippen MR) is 106 cm³/mol. The number of fused-ring (bicyclic) bond motifs is 2. The van der Waals surface area contributed by atoms with E-state index in [0.29, 0.717) is 12.2 Å². The van der Waals surface area contributed by atoms with Crippen LogP contribution in [0.25, 0.3) is 0 Å². The molecule has 2 aliphatic heterocycles. The van der Waals surface area contributed by atoms with Crippen LogP contribution in [0.2, 0.25) is 0 Å². The highest BCUT2D eigenvalue weighted by Gasteiger charge is 2.47. The molecule has 1 aromatic carbocycles. The second kappa shape index (κ2) is 7.89. The number of hydrogen-bond donors (Lipinski definition) is 1. The molecule has 2 N–H and O–H groups in total. The molecule has 3 aliphatic rings. The fourth-order valence-corrected chi connectivity index (χ4v) is 4.70. The van der Waals surface area contributed by atoms with E-state index in [1.807, 2.05) is 18.2 Å². The van der Waals surface area contributed by atoms with E-state index < -0.39 is 0 Å². The van der Waals surface area contributed by atoms with Gasteiger partial charge < -0.3 is 10.6 Å². The van der Waals surface area contributed by atoms with Crippen LogP contribution in [-0.2, 0) is 20.8 Å². The third kappa shape index (κ3) is 3.43. The topological polar surface area (TPSA) is 83.7 Å². The van der Waals surface area contributed by atoms with Gasteiger partial charge >= 0.3 is 0 Å². The van der Waals surface area contributed by atoms with Gasteiger partial charge in [0.15, 0.2) is 0 Å². The molecule has 27 heavy (non-hydrogen) atoms. The Hall–Kier alpha value is -2.08. The van der Waals surface area contributed by atoms with Crippen molar-refractivity contribution in [2.24, 2.45) is 11.8 Å². The third-order valence-corrected chi connectivity index (χ3v) is 6.07. The van der Waals surface area contributed by atoms with Crippen molar-refractivity contribution in [1.29, 1.82) is 0 Å². The van der Waals surface area contributed by atoms with Gasteiger partial charge in [0.25, 0.3) is 0 Å². The summed E-state index contributed by atoms with van der Waals surface area (Å²) in [6, 6.07) is 5.64. The van der Waals surface area contributed by atoms with E-state index in [1.165, 1.54) is 4.90 Å². The molecule has 2 unspecified atom stereocenters. The first-order valence-electron chi connectivity index (χ1n) is 9.61. The van der Waals surface area contributed by atoms with Gasteiger partial charge in [-0.1, -0.05) is 18.9 Å². The molecule has 1 aromatic rings. The van der Waals surface area contributed by atoms with E-state index >= 15 is 0 Å². The smallest absolute Gasteiger partial charge is 0.233 e. The van der Waals surface area contributed by atoms with Crippen LogP contribution in [0.4, 0.5) is 11.4 Å². The molecule has 7 heteroatoms. The number of nitrogen functional groups attached to an aromatic ring is 1. The van der Waals surface area contributed by atoms with Gasteiger partial charge in [-0.3, -0.25) is 19.3 Å². The van der Waals surface area contributed by atoms with Crippen molar-refractivity contribution >= 4 is 41.5 Å². The van der Waals surface area contributed by atoms with E-state index in [4.69, 9.17) is 5.73 Å². The largest absolute Gasteiger partial charge is 0.398 e. The van der Waals surface area contributed by atoms with Gasteiger partial charge in [-0.05, 0) is 43.4 Å². The van der Waals surface area contributed by atoms with E-state index in [-0.39, 0.29) is 54.9 Å². The van der Waals surface area contributed by atoms with Crippen LogP contribution in [0.3, 0.4) is 0 Å². The van der Waals surface area contributed by atoms with Gasteiger partial charge in [-0.2, -0.15) is 0 Å². The second-order valence-electron chi connectivity index (χ2n) is 7.57. The molecule has 2 fully saturated rings. The molecule has 0 radical (unpaired) electrons. The second-order valence-corrected chi connectivity index (χ2v) is 7.57. The Bertz CT molecular complexity index is 743. The van der Waals surface area contributed by atoms with Crippen molar-refractivity contribution < 1.29 is 14.4 Å². The fourth-order valence-electron chi connectivity index (χ4n) is 4.70. The monoisotopic (exact) mass is 391 g/mol. The van der Waals surface area contributed by atoms with Gasteiger partial charge in [0.1, 0.15) is 0 Å². The lowest BCUT2D eigenvalue weighted by Gasteiger charge is -2.30. The molecule has 0 aromatic heterocycles. The predicted octanol–water partition coefficient (Wildman–Crippen LogP) is 2.54. The van der Waals surface area contributed by atoms with Gasteiger partial charge in [0.05, 0.1) is 11.8 Å². The van der Waals surface area contributed by atoms with E-state index in [0.717, 1.165) is 49.8 Å². The molecule has 1 saturated carbocycles. The van der Waals surface area contributed by atoms with Gasteiger partial charge in [-0.15, -0.1) is 12.4 Å². The van der Waals surface area contributed by atoms with Gasteiger partial charge in [0.2, 0.25) is 17.7 Å². The quantitative estimate of drug-likeness (QED) is 0.634. The summed E-state index contributed by atoms with van der Waals surface area (Å²) in [5.41, 5.74) is 8.65. The molecule has 3 amide bonds. The number of carbonyl (C=O) groups is 3. The van der Waals surface area contributed by atoms with E-state index in [9.17, 15) is 14.4 Å². The highest BCUT2D eigenvalue weighted by Crippen LogP contribution is 2.38. The number of imide groups is 1. The number of amides is 3. The number of nitrogens with two attached hydrogens (primary N) is 1. The molecular weight excluding hydrogens is 366 g/mol. The first-order valence-corrected chi connectivity index (χ1v) is 9.61. The van der Waals surface area contributed by atoms with Crippen LogP contribution < -0.4 is 10.6 Å². The van der Waals surface area contributed by atoms with Crippen molar-refractivity contribution in [2.45, 2.75) is 44.9 Å². The first kappa shape index (κ1) is 19.7. The Morgan fingerprint density at radius 1 is 1.07 bits per heavy atom. The van der Waals surface area contributed by atoms with Gasteiger partial charge in [0, 0.05) is 30.9 Å². The molecule has 4 rings (SSSR count). The molecule has 0 spiro atoms. The maximum absolute atomic E-state index is 12.8. The summed E-state index contributed by atoms with van der Waals surface area (Å²) in [4.78, 5) is 41.0. The van der Waals surface area contributed by atoms with Gasteiger partial charge in [-0.25, -0.2) is 0 Å². The van der Waals surface area contributed by atoms with Crippen LogP contribution in [0, 0.1) is 11.8 Å². The summed E-state index contributed by atoms with van der Waals surface area (Å²) in [6.45, 7) is 0.847. The lowest BCUT2D eigenvalue weighted by Crippen LogP contribution is -2.39. The average Bonchev–Trinajstić information content (AvgIpc) is 2.91. The number of carbonyl (C=O) groups excluding carboxylic acids is 3. The summed E-state index contributed by atoms with van der Waals surface area (Å²) < 4.78 is 0. The van der Waals surface area contributed by atoms with Crippen molar-refractivity contribution in [3.8, 4) is 0 Å². The average molecular weight is 392 g/mol. The van der Waals surface area contributed by atoms with Crippen LogP contribution in [0.1, 0.15) is 44.1 Å². The maximum atomic E-state index is 12.8. The Morgan fingerprint density at radius 2 is 1.74 bits per heavy atom. The summed E-state index contributed by atoms with van der Waals surface area (Å²) in [6.07, 6.45) is 5.55. The number of benzene rings is 1. The normalized spacial score (nSPS) is 24.3. The lowest BCUT2D eigenvalue weighted by atomic mass is 9.81. The highest BCUT2D eigenvalue weighted by molar-refractivity contribution is 6.05. The lowest BCUT2D eigenvalue weighted by molar-refractivity contribution is -0.140. The molecule has 1 saturated heterocycles. The number of likely N-dealkylation sites (tertiary alicyclic amines) is 1. The van der Waals surface area contributed by atoms with Crippen molar-refractivity contribution in [3.05, 3.63) is 23.8 Å². The standard InChI is InChI=1S/C20H25N3O3.ClH/c21-16-8-3-9-17-15(16)7-4-11-22(17)18(24)10-12-23-19(25)13-5-1-2-6-14(13)20(23)26;/h3,8-9,13-14H,1-2,4-7,10-12,21H2;1H. The Balaban J connectivity index is 0.00000210. The summed E-state index contributed by atoms with van der Waals surface area (Å²) in [7, 11) is 0. The number of halogens is 1. The number of hydrogen-bond acceptors (Lipinski definition) is 4. The molecular formula is C20H26ClN3O3. The Morgan fingerprint density at radius 3 is 2.41 bits per heavy atom. The Labute approximate surface area is 165 Å². The van der Waals surface area contributed by atoms with E-state index in [2.05, 4.69) is 0 Å². The molecule has 1 aliphatic carbocycles. The zero-order chi connectivity index (χ0) is 18.3. The number of nitrogens with zero attached hydrogens (tertiary/aromatic N) is 2. The minimum Gasteiger partial charge on any atom is -0.398 e. The summed E-state index contributed by atoms with van der Waals surface area (Å²) in [5.74, 6) is -0.498. The van der Waals surface area contributed by atoms with Crippen LogP contribution in [-0.4, -0.2) is 35.7 Å². The molecule has 146 valence electrons. The minimum atomic E-state index is -0.151. The molecule has 2 atom stereocenters. The van der Waals surface area contributed by atoms with E-state index in [1.54, 1.807) is 4.90 Å². The molecule has 0 bridgehead atoms. The zero-order valence-corrected chi connectivity index (χ0v) is 16.2. The SMILES string of the molecule is Cl.Nc1cccc2c1CCCN2C(=O)CCN1C(=O)C2CCCCC2C1=O. The summed E-state index contributed by atoms with van der Waals surface area (Å²) in [5, 5.41) is 0. The van der Waals surface area contributed by atoms with Crippen LogP contribution >= 0.6 is 12.4 Å². The van der Waals surface area contributed by atoms with Crippen molar-refractivity contribution in [1.82, 2.24) is 4.90 Å². The zero-order valence-electron chi connectivity index (χ0n) is 15.4. The number of rotatable bonds is 3. The first-order chi connectivity index (χ1) is 12.6. The summed E-state index contributed by atoms with van der Waals surface area (Å²) >= 11 is 0. The van der Waals surface area contributed by atoms with Crippen molar-refractivity contribution in [3.63, 3.8) is 0 Å². The fraction of sp³-hybridized carbons (Fsp3) is 0.550. The van der Waals surface area contributed by atoms with Crippen LogP contribution in [0.15, 0.2) is 18.2 Å². The van der Waals surface area contributed by atoms with Crippen LogP contribution in [0.5, 0.6) is 0 Å².